The molecule has 2 aliphatic heterocycles. The molecule has 6 rings (SSSR count). The van der Waals surface area contributed by atoms with Gasteiger partial charge in [-0.25, -0.2) is 4.98 Å². The van der Waals surface area contributed by atoms with Crippen molar-refractivity contribution in [1.29, 1.82) is 0 Å². The Hall–Kier alpha value is -3.47. The van der Waals surface area contributed by atoms with Crippen molar-refractivity contribution < 1.29 is 9.47 Å². The van der Waals surface area contributed by atoms with Crippen LogP contribution in [0.5, 0.6) is 11.5 Å². The van der Waals surface area contributed by atoms with Crippen LogP contribution in [-0.2, 0) is 5.66 Å². The Bertz CT molecular complexity index is 1310. The van der Waals surface area contributed by atoms with Gasteiger partial charge < -0.3 is 14.8 Å². The molecule has 1 aromatic heterocycles. The topological polar surface area (TPSA) is 48.3 Å². The third-order valence-electron chi connectivity index (χ3n) is 6.20. The fourth-order valence-corrected chi connectivity index (χ4v) is 4.47. The second-order valence-corrected chi connectivity index (χ2v) is 8.01. The van der Waals surface area contributed by atoms with E-state index in [1.165, 1.54) is 11.1 Å². The van der Waals surface area contributed by atoms with E-state index < -0.39 is 5.66 Å². The molecule has 0 saturated carbocycles. The van der Waals surface area contributed by atoms with Gasteiger partial charge in [-0.05, 0) is 68.3 Å². The molecule has 0 radical (unpaired) electrons. The van der Waals surface area contributed by atoms with E-state index in [0.29, 0.717) is 0 Å². The van der Waals surface area contributed by atoms with Crippen LogP contribution in [0.3, 0.4) is 0 Å². The molecule has 0 aliphatic carbocycles. The number of hydrogen-bond donors (Lipinski definition) is 1. The van der Waals surface area contributed by atoms with Crippen LogP contribution < -0.4 is 14.8 Å². The number of nitrogens with zero attached hydrogens (tertiary/aromatic N) is 2. The lowest BCUT2D eigenvalue weighted by atomic mass is 9.95. The van der Waals surface area contributed by atoms with E-state index >= 15 is 0 Å². The predicted octanol–water partition coefficient (Wildman–Crippen LogP) is 5.20. The van der Waals surface area contributed by atoms with Crippen molar-refractivity contribution in [3.63, 3.8) is 0 Å². The number of ether oxygens (including phenoxy) is 2. The van der Waals surface area contributed by atoms with Crippen LogP contribution in [-0.4, -0.2) is 16.3 Å². The van der Waals surface area contributed by atoms with Crippen LogP contribution in [0, 0.1) is 13.8 Å². The highest BCUT2D eigenvalue weighted by molar-refractivity contribution is 5.88. The number of para-hydroxylation sites is 1. The maximum atomic E-state index is 5.66. The molecule has 1 unspecified atom stereocenters. The highest BCUT2D eigenvalue weighted by atomic mass is 16.7. The summed E-state index contributed by atoms with van der Waals surface area (Å²) in [6, 6.07) is 18.9. The van der Waals surface area contributed by atoms with Crippen LogP contribution in [0.25, 0.3) is 22.4 Å². The summed E-state index contributed by atoms with van der Waals surface area (Å²) in [4.78, 5) is 5.06. The summed E-state index contributed by atoms with van der Waals surface area (Å²) in [7, 11) is 0. The Morgan fingerprint density at radius 2 is 1.76 bits per heavy atom. The molecule has 5 heteroatoms. The van der Waals surface area contributed by atoms with Gasteiger partial charge in [0.25, 0.3) is 0 Å². The first kappa shape index (κ1) is 16.5. The Balaban J connectivity index is 1.69. The zero-order chi connectivity index (χ0) is 19.8. The van der Waals surface area contributed by atoms with Gasteiger partial charge in [0.1, 0.15) is 11.5 Å². The Kier molecular flexibility index (Phi) is 3.15. The van der Waals surface area contributed by atoms with Crippen LogP contribution in [0.2, 0.25) is 0 Å². The van der Waals surface area contributed by atoms with E-state index in [9.17, 15) is 0 Å². The third-order valence-corrected chi connectivity index (χ3v) is 6.20. The summed E-state index contributed by atoms with van der Waals surface area (Å²) in [5.41, 5.74) is 7.38. The fourth-order valence-electron chi connectivity index (χ4n) is 4.47. The normalized spacial score (nSPS) is 19.0. The largest absolute Gasteiger partial charge is 0.454 e. The van der Waals surface area contributed by atoms with E-state index in [4.69, 9.17) is 14.5 Å². The number of anilines is 1. The number of aromatic nitrogens is 2. The van der Waals surface area contributed by atoms with Gasteiger partial charge in [0, 0.05) is 16.8 Å². The maximum Gasteiger partial charge on any atom is 0.231 e. The molecule has 5 nitrogen and oxygen atoms in total. The fraction of sp³-hybridized carbons (Fsp3) is 0.208. The van der Waals surface area contributed by atoms with Crippen molar-refractivity contribution >= 4 is 16.7 Å². The van der Waals surface area contributed by atoms with Gasteiger partial charge >= 0.3 is 0 Å². The SMILES string of the molecule is Cc1cc2nc3n(c2cc1C)C(C)(c1ccc2c(c1)OCO2)Nc1ccccc1-3. The van der Waals surface area contributed by atoms with Crippen molar-refractivity contribution in [3.05, 3.63) is 71.3 Å². The number of imidazole rings is 1. The minimum absolute atomic E-state index is 0.267. The first-order valence-corrected chi connectivity index (χ1v) is 9.82. The molecule has 144 valence electrons. The summed E-state index contributed by atoms with van der Waals surface area (Å²) in [5, 5.41) is 3.78. The van der Waals surface area contributed by atoms with Gasteiger partial charge in [0.2, 0.25) is 6.79 Å². The second kappa shape index (κ2) is 5.54. The molecule has 29 heavy (non-hydrogen) atoms. The number of fused-ring (bicyclic) bond motifs is 6. The molecule has 1 atom stereocenters. The minimum atomic E-state index is -0.527. The molecule has 0 saturated heterocycles. The average molecular weight is 383 g/mol. The van der Waals surface area contributed by atoms with Gasteiger partial charge in [-0.1, -0.05) is 18.2 Å². The monoisotopic (exact) mass is 383 g/mol. The van der Waals surface area contributed by atoms with E-state index in [1.54, 1.807) is 0 Å². The zero-order valence-electron chi connectivity index (χ0n) is 16.6. The van der Waals surface area contributed by atoms with Crippen LogP contribution in [0.1, 0.15) is 23.6 Å². The van der Waals surface area contributed by atoms with Crippen LogP contribution in [0.15, 0.2) is 54.6 Å². The lowest BCUT2D eigenvalue weighted by Gasteiger charge is -2.40. The molecular weight excluding hydrogens is 362 g/mol. The van der Waals surface area contributed by atoms with Crippen molar-refractivity contribution in [3.8, 4) is 22.9 Å². The highest BCUT2D eigenvalue weighted by Crippen LogP contribution is 2.45. The molecule has 0 bridgehead atoms. The zero-order valence-corrected chi connectivity index (χ0v) is 16.6. The number of nitrogens with one attached hydrogen (secondary N) is 1. The Morgan fingerprint density at radius 3 is 2.66 bits per heavy atom. The summed E-state index contributed by atoms with van der Waals surface area (Å²) in [6.07, 6.45) is 0. The van der Waals surface area contributed by atoms with Crippen molar-refractivity contribution in [2.75, 3.05) is 12.1 Å². The molecule has 4 aromatic rings. The van der Waals surface area contributed by atoms with Crippen LogP contribution in [0.4, 0.5) is 5.69 Å². The van der Waals surface area contributed by atoms with Crippen molar-refractivity contribution in [2.24, 2.45) is 0 Å². The van der Waals surface area contributed by atoms with Gasteiger partial charge in [0.05, 0.1) is 11.0 Å². The van der Waals surface area contributed by atoms with Gasteiger partial charge in [0.15, 0.2) is 11.5 Å². The molecule has 0 amide bonds. The molecule has 1 N–H and O–H groups in total. The number of hydrogen-bond acceptors (Lipinski definition) is 4. The van der Waals surface area contributed by atoms with Gasteiger partial charge in [-0.15, -0.1) is 0 Å². The standard InChI is InChI=1S/C24H21N3O2/c1-14-10-19-20(11-15(14)2)27-23(25-19)17-6-4-5-7-18(17)26-24(27,3)16-8-9-21-22(12-16)29-13-28-21/h4-12,26H,13H2,1-3H3. The first-order valence-electron chi connectivity index (χ1n) is 9.82. The minimum Gasteiger partial charge on any atom is -0.454 e. The van der Waals surface area contributed by atoms with Crippen LogP contribution >= 0.6 is 0 Å². The van der Waals surface area contributed by atoms with Crippen molar-refractivity contribution in [1.82, 2.24) is 9.55 Å². The van der Waals surface area contributed by atoms with Crippen molar-refractivity contribution in [2.45, 2.75) is 26.4 Å². The summed E-state index contributed by atoms with van der Waals surface area (Å²) in [6.45, 7) is 6.75. The lowest BCUT2D eigenvalue weighted by Crippen LogP contribution is -2.42. The molecule has 2 aliphatic rings. The Morgan fingerprint density at radius 1 is 0.966 bits per heavy atom. The molecule has 3 heterocycles. The summed E-state index contributed by atoms with van der Waals surface area (Å²) in [5.74, 6) is 2.54. The first-order chi connectivity index (χ1) is 14.0. The van der Waals surface area contributed by atoms with E-state index in [2.05, 4.69) is 79.2 Å². The quantitative estimate of drug-likeness (QED) is 0.491. The molecular formula is C24H21N3O2. The number of aryl methyl sites for hydroxylation is 2. The second-order valence-electron chi connectivity index (χ2n) is 8.01. The van der Waals surface area contributed by atoms with Gasteiger partial charge in [-0.2, -0.15) is 0 Å². The summed E-state index contributed by atoms with van der Waals surface area (Å²) < 4.78 is 13.5. The third kappa shape index (κ3) is 2.18. The van der Waals surface area contributed by atoms with E-state index in [1.807, 2.05) is 6.07 Å². The molecule has 3 aromatic carbocycles. The molecule has 0 spiro atoms. The number of benzene rings is 3. The highest BCUT2D eigenvalue weighted by Gasteiger charge is 2.38. The van der Waals surface area contributed by atoms with Gasteiger partial charge in [-0.3, -0.25) is 4.57 Å². The number of rotatable bonds is 1. The molecule has 0 fully saturated rings. The lowest BCUT2D eigenvalue weighted by molar-refractivity contribution is 0.174. The Labute approximate surface area is 168 Å². The summed E-state index contributed by atoms with van der Waals surface area (Å²) >= 11 is 0. The smallest absolute Gasteiger partial charge is 0.231 e. The van der Waals surface area contributed by atoms with E-state index in [0.717, 1.165) is 45.2 Å². The maximum absolute atomic E-state index is 5.66. The van der Waals surface area contributed by atoms with E-state index in [-0.39, 0.29) is 6.79 Å². The predicted molar refractivity (Wildman–Crippen MR) is 114 cm³/mol. The average Bonchev–Trinajstić information content (AvgIpc) is 3.33.